The van der Waals surface area contributed by atoms with Gasteiger partial charge in [-0.2, -0.15) is 13.2 Å². The predicted molar refractivity (Wildman–Crippen MR) is 62.6 cm³/mol. The highest BCUT2D eigenvalue weighted by atomic mass is 32.1. The molecule has 0 spiro atoms. The van der Waals surface area contributed by atoms with Crippen LogP contribution in [0.15, 0.2) is 18.3 Å². The van der Waals surface area contributed by atoms with Crippen molar-refractivity contribution in [2.24, 2.45) is 5.84 Å². The summed E-state index contributed by atoms with van der Waals surface area (Å²) in [6.45, 7) is 0. The fraction of sp³-hybridized carbons (Fsp3) is 0.182. The van der Waals surface area contributed by atoms with Gasteiger partial charge in [-0.3, -0.25) is 5.84 Å². The largest absolute Gasteiger partial charge is 0.443 e. The summed E-state index contributed by atoms with van der Waals surface area (Å²) < 4.78 is 77.2. The third-order valence-electron chi connectivity index (χ3n) is 2.59. The number of hydrogen-bond acceptors (Lipinski definition) is 4. The third kappa shape index (κ3) is 3.01. The van der Waals surface area contributed by atoms with Crippen molar-refractivity contribution in [3.8, 4) is 0 Å². The topological polar surface area (TPSA) is 50.9 Å². The van der Waals surface area contributed by atoms with Crippen LogP contribution >= 0.6 is 11.3 Å². The molecule has 0 radical (unpaired) electrons. The molecule has 114 valence electrons. The molecule has 3 N–H and O–H groups in total. The third-order valence-corrected chi connectivity index (χ3v) is 3.70. The van der Waals surface area contributed by atoms with E-state index < -0.39 is 40.2 Å². The molecule has 0 saturated carbocycles. The van der Waals surface area contributed by atoms with Crippen LogP contribution in [0.4, 0.5) is 26.3 Å². The van der Waals surface area contributed by atoms with Crippen LogP contribution in [-0.4, -0.2) is 4.98 Å². The van der Waals surface area contributed by atoms with Gasteiger partial charge in [0.2, 0.25) is 0 Å². The molecule has 0 bridgehead atoms. The number of nitrogens with zero attached hydrogens (tertiary/aromatic N) is 1. The summed E-state index contributed by atoms with van der Waals surface area (Å²) in [5.74, 6) is 0.511. The maximum Gasteiger partial charge on any atom is 0.443 e. The van der Waals surface area contributed by atoms with Gasteiger partial charge in [0, 0.05) is 16.6 Å². The van der Waals surface area contributed by atoms with Crippen LogP contribution in [0.5, 0.6) is 0 Å². The lowest BCUT2D eigenvalue weighted by molar-refractivity contribution is -0.137. The second-order valence-electron chi connectivity index (χ2n) is 3.93. The maximum atomic E-state index is 13.7. The number of benzene rings is 1. The maximum absolute atomic E-state index is 13.7. The highest BCUT2D eigenvalue weighted by Gasteiger charge is 2.35. The molecule has 0 amide bonds. The molecule has 1 aromatic carbocycles. The van der Waals surface area contributed by atoms with Crippen molar-refractivity contribution in [3.05, 3.63) is 51.2 Å². The summed E-state index contributed by atoms with van der Waals surface area (Å²) in [4.78, 5) is 3.07. The van der Waals surface area contributed by atoms with Crippen molar-refractivity contribution in [1.82, 2.24) is 10.4 Å². The Balaban J connectivity index is 2.45. The van der Waals surface area contributed by atoms with Crippen molar-refractivity contribution in [1.29, 1.82) is 0 Å². The molecule has 3 nitrogen and oxygen atoms in total. The average molecular weight is 327 g/mol. The Morgan fingerprint density at radius 1 is 1.14 bits per heavy atom. The smallest absolute Gasteiger partial charge is 0.271 e. The van der Waals surface area contributed by atoms with E-state index in [1.165, 1.54) is 0 Å². The van der Waals surface area contributed by atoms with Gasteiger partial charge in [0.05, 0.1) is 6.04 Å². The highest BCUT2D eigenvalue weighted by molar-refractivity contribution is 7.11. The number of aromatic nitrogens is 1. The first kappa shape index (κ1) is 15.7. The summed E-state index contributed by atoms with van der Waals surface area (Å²) in [7, 11) is 0. The zero-order valence-corrected chi connectivity index (χ0v) is 10.8. The van der Waals surface area contributed by atoms with Gasteiger partial charge in [0.15, 0.2) is 22.5 Å². The van der Waals surface area contributed by atoms with E-state index in [-0.39, 0.29) is 16.2 Å². The number of alkyl halides is 3. The molecule has 0 aliphatic heterocycles. The zero-order valence-electron chi connectivity index (χ0n) is 10.0. The normalized spacial score (nSPS) is 13.5. The Bertz CT molecular complexity index is 654. The molecule has 1 heterocycles. The Hall–Kier alpha value is -1.65. The van der Waals surface area contributed by atoms with Crippen LogP contribution in [0, 0.1) is 17.5 Å². The number of nitrogens with two attached hydrogens (primary N) is 1. The second-order valence-corrected chi connectivity index (χ2v) is 4.99. The molecule has 2 aromatic rings. The number of hydrazine groups is 1. The van der Waals surface area contributed by atoms with Crippen molar-refractivity contribution < 1.29 is 26.3 Å². The fourth-order valence-corrected chi connectivity index (χ4v) is 2.50. The molecule has 1 atom stereocenters. The molecule has 1 unspecified atom stereocenters. The quantitative estimate of drug-likeness (QED) is 0.394. The van der Waals surface area contributed by atoms with E-state index in [1.807, 2.05) is 0 Å². The first-order valence-corrected chi connectivity index (χ1v) is 6.19. The number of halogens is 6. The lowest BCUT2D eigenvalue weighted by atomic mass is 10.1. The molecular weight excluding hydrogens is 320 g/mol. The molecule has 0 aliphatic carbocycles. The summed E-state index contributed by atoms with van der Waals surface area (Å²) in [5.41, 5.74) is 1.64. The van der Waals surface area contributed by atoms with Crippen LogP contribution in [-0.2, 0) is 6.18 Å². The zero-order chi connectivity index (χ0) is 15.8. The molecule has 0 saturated heterocycles. The summed E-state index contributed by atoms with van der Waals surface area (Å²) in [6.07, 6.45) is -3.81. The summed E-state index contributed by atoms with van der Waals surface area (Å²) in [5, 5.41) is -1.15. The van der Waals surface area contributed by atoms with E-state index in [9.17, 15) is 26.3 Å². The van der Waals surface area contributed by atoms with Gasteiger partial charge in [0.1, 0.15) is 0 Å². The lowest BCUT2D eigenvalue weighted by Gasteiger charge is -2.15. The number of thiazole rings is 1. The van der Waals surface area contributed by atoms with Crippen LogP contribution < -0.4 is 11.3 Å². The van der Waals surface area contributed by atoms with E-state index in [4.69, 9.17) is 5.84 Å². The molecule has 10 heteroatoms. The van der Waals surface area contributed by atoms with E-state index in [1.54, 1.807) is 0 Å². The van der Waals surface area contributed by atoms with E-state index in [0.717, 1.165) is 12.3 Å². The number of nitrogens with one attached hydrogen (secondary N) is 1. The van der Waals surface area contributed by atoms with Crippen molar-refractivity contribution >= 4 is 11.3 Å². The molecule has 1 aromatic heterocycles. The van der Waals surface area contributed by atoms with Crippen LogP contribution in [0.1, 0.15) is 21.5 Å². The highest BCUT2D eigenvalue weighted by Crippen LogP contribution is 2.36. The molecule has 0 fully saturated rings. The standard InChI is InChI=1S/C11H7F6N3S/c12-5-2-1-4(7(13)8(5)14)9(20-18)6-3-19-10(21-6)11(15,16)17/h1-3,9,20H,18H2. The number of hydrogen-bond donors (Lipinski definition) is 2. The Labute approximate surface area is 118 Å². The van der Waals surface area contributed by atoms with Gasteiger partial charge < -0.3 is 0 Å². The minimum atomic E-state index is -4.66. The van der Waals surface area contributed by atoms with E-state index >= 15 is 0 Å². The van der Waals surface area contributed by atoms with E-state index in [2.05, 4.69) is 10.4 Å². The van der Waals surface area contributed by atoms with E-state index in [0.29, 0.717) is 6.07 Å². The minimum Gasteiger partial charge on any atom is -0.271 e. The van der Waals surface area contributed by atoms with Gasteiger partial charge in [-0.1, -0.05) is 6.07 Å². The van der Waals surface area contributed by atoms with Crippen LogP contribution in [0.3, 0.4) is 0 Å². The van der Waals surface area contributed by atoms with Gasteiger partial charge in [0.25, 0.3) is 0 Å². The molecule has 2 rings (SSSR count). The minimum absolute atomic E-state index is 0.0882. The van der Waals surface area contributed by atoms with Crippen LogP contribution in [0.2, 0.25) is 0 Å². The predicted octanol–water partition coefficient (Wildman–Crippen LogP) is 3.13. The SMILES string of the molecule is NNC(c1cnc(C(F)(F)F)s1)c1ccc(F)c(F)c1F. The Kier molecular flexibility index (Phi) is 4.21. The molecular formula is C11H7F6N3S. The average Bonchev–Trinajstić information content (AvgIpc) is 2.89. The summed E-state index contributed by atoms with van der Waals surface area (Å²) >= 11 is 0.225. The second kappa shape index (κ2) is 5.62. The first-order chi connectivity index (χ1) is 9.75. The van der Waals surface area contributed by atoms with Gasteiger partial charge in [-0.25, -0.2) is 23.6 Å². The van der Waals surface area contributed by atoms with Crippen molar-refractivity contribution in [2.45, 2.75) is 12.2 Å². The van der Waals surface area contributed by atoms with Gasteiger partial charge in [-0.05, 0) is 6.07 Å². The van der Waals surface area contributed by atoms with Crippen molar-refractivity contribution in [2.75, 3.05) is 0 Å². The molecule has 0 aliphatic rings. The monoisotopic (exact) mass is 327 g/mol. The lowest BCUT2D eigenvalue weighted by Crippen LogP contribution is -2.29. The Morgan fingerprint density at radius 3 is 2.33 bits per heavy atom. The number of rotatable bonds is 3. The van der Waals surface area contributed by atoms with Crippen molar-refractivity contribution in [3.63, 3.8) is 0 Å². The van der Waals surface area contributed by atoms with Gasteiger partial charge >= 0.3 is 6.18 Å². The molecule has 21 heavy (non-hydrogen) atoms. The first-order valence-electron chi connectivity index (χ1n) is 5.38. The van der Waals surface area contributed by atoms with Gasteiger partial charge in [-0.15, -0.1) is 11.3 Å². The summed E-state index contributed by atoms with van der Waals surface area (Å²) in [6, 6.07) is 0.267. The Morgan fingerprint density at radius 2 is 1.81 bits per heavy atom. The fourth-order valence-electron chi connectivity index (χ4n) is 1.64. The van der Waals surface area contributed by atoms with Crippen LogP contribution in [0.25, 0.3) is 0 Å².